The first-order valence-electron chi connectivity index (χ1n) is 5.80. The number of carbonyl (C=O) groups is 2. The Morgan fingerprint density at radius 3 is 2.81 bits per heavy atom. The highest BCUT2D eigenvalue weighted by molar-refractivity contribution is 5.87. The summed E-state index contributed by atoms with van der Waals surface area (Å²) < 4.78 is 5.06. The van der Waals surface area contributed by atoms with Gasteiger partial charge in [0.2, 0.25) is 5.91 Å². The molecule has 0 aromatic rings. The zero-order valence-electron chi connectivity index (χ0n) is 9.94. The number of amides is 1. The number of ether oxygens (including phenoxy) is 1. The van der Waals surface area contributed by atoms with Crippen LogP contribution in [0.15, 0.2) is 0 Å². The van der Waals surface area contributed by atoms with E-state index in [2.05, 4.69) is 0 Å². The second kappa shape index (κ2) is 5.84. The third kappa shape index (κ3) is 2.95. The van der Waals surface area contributed by atoms with Crippen molar-refractivity contribution in [2.45, 2.75) is 45.2 Å². The van der Waals surface area contributed by atoms with Gasteiger partial charge in [-0.15, -0.1) is 0 Å². The van der Waals surface area contributed by atoms with Crippen LogP contribution in [0.5, 0.6) is 0 Å². The highest BCUT2D eigenvalue weighted by Gasteiger charge is 2.35. The number of nitrogens with two attached hydrogens (primary N) is 1. The Labute approximate surface area is 95.9 Å². The van der Waals surface area contributed by atoms with Crippen LogP contribution in [0.1, 0.15) is 33.1 Å². The van der Waals surface area contributed by atoms with E-state index in [9.17, 15) is 9.59 Å². The minimum absolute atomic E-state index is 0.170. The van der Waals surface area contributed by atoms with E-state index >= 15 is 0 Å². The molecule has 0 aliphatic carbocycles. The first kappa shape index (κ1) is 13.0. The number of esters is 1. The van der Waals surface area contributed by atoms with Crippen molar-refractivity contribution in [2.24, 2.45) is 5.73 Å². The van der Waals surface area contributed by atoms with Gasteiger partial charge in [-0.25, -0.2) is 4.79 Å². The third-order valence-corrected chi connectivity index (χ3v) is 2.65. The van der Waals surface area contributed by atoms with Gasteiger partial charge in [0.15, 0.2) is 0 Å². The van der Waals surface area contributed by atoms with Gasteiger partial charge in [-0.2, -0.15) is 0 Å². The van der Waals surface area contributed by atoms with Crippen LogP contribution in [0.25, 0.3) is 0 Å². The van der Waals surface area contributed by atoms with E-state index in [1.165, 1.54) is 0 Å². The Morgan fingerprint density at radius 2 is 2.25 bits per heavy atom. The van der Waals surface area contributed by atoms with E-state index in [1.807, 2.05) is 6.92 Å². The van der Waals surface area contributed by atoms with E-state index in [0.29, 0.717) is 19.6 Å². The molecule has 1 fully saturated rings. The van der Waals surface area contributed by atoms with Crippen LogP contribution in [0.4, 0.5) is 0 Å². The number of hydrogen-bond acceptors (Lipinski definition) is 4. The smallest absolute Gasteiger partial charge is 0.328 e. The SMILES string of the molecule is CCCOC(=O)[C@@H]1CCCN1C(=O)[C@H](C)N. The van der Waals surface area contributed by atoms with Crippen molar-refractivity contribution in [2.75, 3.05) is 13.2 Å². The Balaban J connectivity index is 2.58. The van der Waals surface area contributed by atoms with Gasteiger partial charge in [0.25, 0.3) is 0 Å². The minimum Gasteiger partial charge on any atom is -0.464 e. The molecule has 1 aliphatic heterocycles. The van der Waals surface area contributed by atoms with Crippen molar-refractivity contribution >= 4 is 11.9 Å². The molecule has 16 heavy (non-hydrogen) atoms. The Morgan fingerprint density at radius 1 is 1.56 bits per heavy atom. The first-order valence-corrected chi connectivity index (χ1v) is 5.80. The fourth-order valence-electron chi connectivity index (χ4n) is 1.84. The van der Waals surface area contributed by atoms with Crippen LogP contribution in [0.2, 0.25) is 0 Å². The van der Waals surface area contributed by atoms with Crippen LogP contribution in [-0.2, 0) is 14.3 Å². The summed E-state index contributed by atoms with van der Waals surface area (Å²) in [5.74, 6) is -0.468. The fourth-order valence-corrected chi connectivity index (χ4v) is 1.84. The molecule has 1 saturated heterocycles. The van der Waals surface area contributed by atoms with Crippen LogP contribution in [0.3, 0.4) is 0 Å². The highest BCUT2D eigenvalue weighted by atomic mass is 16.5. The number of carbonyl (C=O) groups excluding carboxylic acids is 2. The largest absolute Gasteiger partial charge is 0.464 e. The van der Waals surface area contributed by atoms with E-state index < -0.39 is 12.1 Å². The third-order valence-electron chi connectivity index (χ3n) is 2.65. The predicted octanol–water partition coefficient (Wildman–Crippen LogP) is 0.278. The zero-order valence-corrected chi connectivity index (χ0v) is 9.94. The standard InChI is InChI=1S/C11H20N2O3/c1-3-7-16-11(15)9-5-4-6-13(9)10(14)8(2)12/h8-9H,3-7,12H2,1-2H3/t8-,9-/m0/s1. The molecule has 0 bridgehead atoms. The van der Waals surface area contributed by atoms with E-state index in [-0.39, 0.29) is 11.9 Å². The van der Waals surface area contributed by atoms with Gasteiger partial charge in [-0.1, -0.05) is 6.92 Å². The Hall–Kier alpha value is -1.10. The van der Waals surface area contributed by atoms with Crippen molar-refractivity contribution in [1.82, 2.24) is 4.90 Å². The molecule has 92 valence electrons. The molecule has 0 spiro atoms. The van der Waals surface area contributed by atoms with Gasteiger partial charge in [0.05, 0.1) is 12.6 Å². The summed E-state index contributed by atoms with van der Waals surface area (Å²) in [6, 6.07) is -0.982. The monoisotopic (exact) mass is 228 g/mol. The molecule has 5 nitrogen and oxygen atoms in total. The first-order chi connectivity index (χ1) is 7.57. The topological polar surface area (TPSA) is 72.6 Å². The lowest BCUT2D eigenvalue weighted by atomic mass is 10.2. The van der Waals surface area contributed by atoms with Gasteiger partial charge < -0.3 is 15.4 Å². The van der Waals surface area contributed by atoms with Crippen LogP contribution in [-0.4, -0.2) is 42.0 Å². The molecule has 1 heterocycles. The molecule has 2 N–H and O–H groups in total. The number of likely N-dealkylation sites (tertiary alicyclic amines) is 1. The van der Waals surface area contributed by atoms with Crippen LogP contribution >= 0.6 is 0 Å². The lowest BCUT2D eigenvalue weighted by Crippen LogP contribution is -2.47. The van der Waals surface area contributed by atoms with Gasteiger partial charge >= 0.3 is 5.97 Å². The number of rotatable bonds is 4. The van der Waals surface area contributed by atoms with Crippen molar-refractivity contribution in [3.8, 4) is 0 Å². The normalized spacial score (nSPS) is 21.9. The molecule has 0 radical (unpaired) electrons. The molecular formula is C11H20N2O3. The number of hydrogen-bond donors (Lipinski definition) is 1. The fraction of sp³-hybridized carbons (Fsp3) is 0.818. The molecule has 0 saturated carbocycles. The highest BCUT2D eigenvalue weighted by Crippen LogP contribution is 2.19. The summed E-state index contributed by atoms with van der Waals surface area (Å²) in [5.41, 5.74) is 5.53. The van der Waals surface area contributed by atoms with Crippen molar-refractivity contribution in [3.05, 3.63) is 0 Å². The van der Waals surface area contributed by atoms with Crippen LogP contribution in [0, 0.1) is 0 Å². The lowest BCUT2D eigenvalue weighted by Gasteiger charge is -2.24. The maximum atomic E-state index is 11.7. The average Bonchev–Trinajstić information content (AvgIpc) is 2.73. The molecule has 0 aromatic carbocycles. The summed E-state index contributed by atoms with van der Waals surface area (Å²) in [4.78, 5) is 25.0. The molecule has 0 unspecified atom stereocenters. The predicted molar refractivity (Wildman–Crippen MR) is 59.6 cm³/mol. The van der Waals surface area contributed by atoms with Crippen molar-refractivity contribution in [1.29, 1.82) is 0 Å². The van der Waals surface area contributed by atoms with Gasteiger partial charge in [0, 0.05) is 6.54 Å². The van der Waals surface area contributed by atoms with Crippen LogP contribution < -0.4 is 5.73 Å². The summed E-state index contributed by atoms with van der Waals surface area (Å²) >= 11 is 0. The van der Waals surface area contributed by atoms with Crippen molar-refractivity contribution in [3.63, 3.8) is 0 Å². The second-order valence-electron chi connectivity index (χ2n) is 4.15. The van der Waals surface area contributed by atoms with E-state index in [0.717, 1.165) is 12.8 Å². The Bertz CT molecular complexity index is 266. The molecular weight excluding hydrogens is 208 g/mol. The maximum Gasteiger partial charge on any atom is 0.328 e. The Kier molecular flexibility index (Phi) is 4.73. The summed E-state index contributed by atoms with van der Waals surface area (Å²) in [6.45, 7) is 4.59. The van der Waals surface area contributed by atoms with Gasteiger partial charge in [-0.05, 0) is 26.2 Å². The molecule has 1 amide bonds. The van der Waals surface area contributed by atoms with Gasteiger partial charge in [0.1, 0.15) is 6.04 Å². The lowest BCUT2D eigenvalue weighted by molar-refractivity contribution is -0.153. The summed E-state index contributed by atoms with van der Waals surface area (Å²) in [7, 11) is 0. The summed E-state index contributed by atoms with van der Waals surface area (Å²) in [5, 5.41) is 0. The quantitative estimate of drug-likeness (QED) is 0.701. The molecule has 0 aromatic heterocycles. The van der Waals surface area contributed by atoms with E-state index in [4.69, 9.17) is 10.5 Å². The van der Waals surface area contributed by atoms with Gasteiger partial charge in [-0.3, -0.25) is 4.79 Å². The molecule has 5 heteroatoms. The maximum absolute atomic E-state index is 11.7. The summed E-state index contributed by atoms with van der Waals surface area (Å²) in [6.07, 6.45) is 2.31. The number of nitrogens with zero attached hydrogens (tertiary/aromatic N) is 1. The van der Waals surface area contributed by atoms with Crippen molar-refractivity contribution < 1.29 is 14.3 Å². The molecule has 1 aliphatic rings. The zero-order chi connectivity index (χ0) is 12.1. The molecule has 1 rings (SSSR count). The van der Waals surface area contributed by atoms with E-state index in [1.54, 1.807) is 11.8 Å². The molecule has 2 atom stereocenters. The second-order valence-corrected chi connectivity index (χ2v) is 4.15. The average molecular weight is 228 g/mol. The minimum atomic E-state index is -0.556.